The Hall–Kier alpha value is -2.16. The van der Waals surface area contributed by atoms with E-state index in [9.17, 15) is 9.59 Å². The van der Waals surface area contributed by atoms with Gasteiger partial charge in [0.05, 0.1) is 7.11 Å². The smallest absolute Gasteiger partial charge is 0.319 e. The van der Waals surface area contributed by atoms with Crippen LogP contribution in [-0.2, 0) is 14.3 Å². The van der Waals surface area contributed by atoms with E-state index in [2.05, 4.69) is 84.9 Å². The van der Waals surface area contributed by atoms with Crippen molar-refractivity contribution in [2.45, 2.75) is 107 Å². The summed E-state index contributed by atoms with van der Waals surface area (Å²) in [7, 11) is 1.45. The van der Waals surface area contributed by atoms with Crippen molar-refractivity contribution in [1.29, 1.82) is 0 Å². The topological polar surface area (TPSA) is 43.4 Å². The van der Waals surface area contributed by atoms with E-state index in [1.54, 1.807) is 5.57 Å². The number of carbonyl (C=O) groups excluding carboxylic acids is 2. The SMILES string of the molecule is COC(=O)[C@@]1(C)C(=O)/C(=C/c2ccc(C)cc2)C[C@]2(C)[C@H]3CC=C4[C@@H]5[C@@H](C)[C@H](C)CC[C@]5(C)CC[C@@]4(C)[C@]3(C)CC[C@@H]12. The summed E-state index contributed by atoms with van der Waals surface area (Å²) >= 11 is 0. The van der Waals surface area contributed by atoms with Crippen molar-refractivity contribution < 1.29 is 14.3 Å². The summed E-state index contributed by atoms with van der Waals surface area (Å²) in [6, 6.07) is 8.37. The molecule has 0 N–H and O–H groups in total. The number of benzene rings is 1. The van der Waals surface area contributed by atoms with Gasteiger partial charge in [0.2, 0.25) is 0 Å². The molecule has 42 heavy (non-hydrogen) atoms. The second kappa shape index (κ2) is 9.67. The number of ketones is 1. The lowest BCUT2D eigenvalue weighted by Crippen LogP contribution is -2.66. The van der Waals surface area contributed by atoms with E-state index in [4.69, 9.17) is 4.74 Å². The van der Waals surface area contributed by atoms with Crippen LogP contribution in [0, 0.1) is 63.6 Å². The van der Waals surface area contributed by atoms with Crippen molar-refractivity contribution in [2.75, 3.05) is 7.11 Å². The fraction of sp³-hybridized carbons (Fsp3) is 0.692. The Balaban J connectivity index is 1.48. The molecule has 0 radical (unpaired) electrons. The standard InChI is InChI=1S/C39H54O3/c1-24-10-12-27(13-11-24)22-28-23-36(5)30-15-14-29-32-26(3)25(2)16-18-35(32,4)20-21-37(29,6)38(30,7)19-17-31(36)39(8,33(28)40)34(41)42-9/h10-14,22,25-26,30-32H,15-21,23H2,1-9H3/b28-22+/t25-,26+,30-,31-,32+,35-,36-,37-,38-,39-/m1/s1. The molecule has 10 atom stereocenters. The van der Waals surface area contributed by atoms with Crippen LogP contribution in [0.1, 0.15) is 111 Å². The largest absolute Gasteiger partial charge is 0.468 e. The van der Waals surface area contributed by atoms with Gasteiger partial charge in [0.25, 0.3) is 0 Å². The molecule has 0 aromatic heterocycles. The summed E-state index contributed by atoms with van der Waals surface area (Å²) in [5, 5.41) is 0. The first kappa shape index (κ1) is 29.9. The highest BCUT2D eigenvalue weighted by Crippen LogP contribution is 2.75. The molecule has 0 saturated heterocycles. The fourth-order valence-corrected chi connectivity index (χ4v) is 11.8. The summed E-state index contributed by atoms with van der Waals surface area (Å²) in [6.45, 7) is 19.2. The Morgan fingerprint density at radius 2 is 1.62 bits per heavy atom. The first-order valence-corrected chi connectivity index (χ1v) is 16.8. The van der Waals surface area contributed by atoms with E-state index >= 15 is 0 Å². The summed E-state index contributed by atoms with van der Waals surface area (Å²) in [5.74, 6) is 2.12. The molecule has 228 valence electrons. The second-order valence-electron chi connectivity index (χ2n) is 16.6. The highest BCUT2D eigenvalue weighted by molar-refractivity contribution is 6.15. The average molecular weight is 571 g/mol. The van der Waals surface area contributed by atoms with Crippen molar-refractivity contribution in [3.63, 3.8) is 0 Å². The molecule has 0 amide bonds. The molecule has 5 aliphatic carbocycles. The monoisotopic (exact) mass is 570 g/mol. The van der Waals surface area contributed by atoms with E-state index in [1.165, 1.54) is 38.4 Å². The summed E-state index contributed by atoms with van der Waals surface area (Å²) in [4.78, 5) is 28.0. The average Bonchev–Trinajstić information content (AvgIpc) is 2.95. The summed E-state index contributed by atoms with van der Waals surface area (Å²) in [6.07, 6.45) is 13.8. The highest BCUT2D eigenvalue weighted by atomic mass is 16.5. The molecule has 0 bridgehead atoms. The zero-order chi connectivity index (χ0) is 30.5. The third-order valence-corrected chi connectivity index (χ3v) is 14.7. The van der Waals surface area contributed by atoms with Gasteiger partial charge in [-0.3, -0.25) is 9.59 Å². The van der Waals surface area contributed by atoms with Crippen molar-refractivity contribution in [1.82, 2.24) is 0 Å². The van der Waals surface area contributed by atoms with Gasteiger partial charge in [-0.15, -0.1) is 0 Å². The Morgan fingerprint density at radius 1 is 0.929 bits per heavy atom. The molecule has 4 fully saturated rings. The number of esters is 1. The molecule has 1 aromatic carbocycles. The number of hydrogen-bond donors (Lipinski definition) is 0. The van der Waals surface area contributed by atoms with Crippen LogP contribution >= 0.6 is 0 Å². The van der Waals surface area contributed by atoms with Gasteiger partial charge in [-0.25, -0.2) is 0 Å². The quantitative estimate of drug-likeness (QED) is 0.154. The number of fused-ring (bicyclic) bond motifs is 7. The van der Waals surface area contributed by atoms with Crippen molar-refractivity contribution in [3.8, 4) is 0 Å². The third kappa shape index (κ3) is 3.83. The molecule has 6 rings (SSSR count). The Kier molecular flexibility index (Phi) is 6.88. The van der Waals surface area contributed by atoms with Crippen LogP contribution in [-0.4, -0.2) is 18.9 Å². The summed E-state index contributed by atoms with van der Waals surface area (Å²) < 4.78 is 5.43. The van der Waals surface area contributed by atoms with Crippen LogP contribution in [0.2, 0.25) is 0 Å². The van der Waals surface area contributed by atoms with Gasteiger partial charge in [-0.2, -0.15) is 0 Å². The molecular weight excluding hydrogens is 516 g/mol. The van der Waals surface area contributed by atoms with Crippen molar-refractivity contribution in [2.24, 2.45) is 56.7 Å². The number of Topliss-reactive ketones (excluding diaryl/α,β-unsaturated/α-hetero) is 1. The van der Waals surface area contributed by atoms with Crippen molar-refractivity contribution >= 4 is 17.8 Å². The van der Waals surface area contributed by atoms with E-state index in [-0.39, 0.29) is 33.9 Å². The van der Waals surface area contributed by atoms with Gasteiger partial charge in [-0.1, -0.05) is 83.0 Å². The minimum absolute atomic E-state index is 0.0285. The fourth-order valence-electron chi connectivity index (χ4n) is 11.8. The van der Waals surface area contributed by atoms with Gasteiger partial charge in [0.15, 0.2) is 5.78 Å². The number of methoxy groups -OCH3 is 1. The molecule has 4 saturated carbocycles. The van der Waals surface area contributed by atoms with Gasteiger partial charge in [0, 0.05) is 0 Å². The van der Waals surface area contributed by atoms with E-state index in [0.717, 1.165) is 42.7 Å². The molecule has 0 unspecified atom stereocenters. The van der Waals surface area contributed by atoms with Crippen LogP contribution in [0.25, 0.3) is 6.08 Å². The predicted octanol–water partition coefficient (Wildman–Crippen LogP) is 9.39. The van der Waals surface area contributed by atoms with Crippen molar-refractivity contribution in [3.05, 3.63) is 52.6 Å². The number of ether oxygens (including phenoxy) is 1. The van der Waals surface area contributed by atoms with E-state index in [1.807, 2.05) is 6.92 Å². The third-order valence-electron chi connectivity index (χ3n) is 14.7. The summed E-state index contributed by atoms with van der Waals surface area (Å²) in [5.41, 5.74) is 4.10. The maximum Gasteiger partial charge on any atom is 0.319 e. The lowest BCUT2D eigenvalue weighted by molar-refractivity contribution is -0.192. The Morgan fingerprint density at radius 3 is 2.29 bits per heavy atom. The van der Waals surface area contributed by atoms with E-state index < -0.39 is 5.41 Å². The van der Waals surface area contributed by atoms with Gasteiger partial charge in [-0.05, 0) is 134 Å². The minimum atomic E-state index is -1.16. The second-order valence-corrected chi connectivity index (χ2v) is 16.6. The number of allylic oxidation sites excluding steroid dienone is 3. The zero-order valence-corrected chi connectivity index (χ0v) is 27.7. The zero-order valence-electron chi connectivity index (χ0n) is 27.7. The normalized spacial score (nSPS) is 47.5. The Bertz CT molecular complexity index is 1350. The van der Waals surface area contributed by atoms with Crippen LogP contribution in [0.5, 0.6) is 0 Å². The van der Waals surface area contributed by atoms with E-state index in [0.29, 0.717) is 23.2 Å². The number of hydrogen-bond acceptors (Lipinski definition) is 3. The molecule has 3 nitrogen and oxygen atoms in total. The van der Waals surface area contributed by atoms with Crippen LogP contribution in [0.3, 0.4) is 0 Å². The first-order valence-electron chi connectivity index (χ1n) is 16.8. The number of carbonyl (C=O) groups is 2. The molecule has 1 aromatic rings. The van der Waals surface area contributed by atoms with Gasteiger partial charge >= 0.3 is 5.97 Å². The molecule has 0 spiro atoms. The number of aryl methyl sites for hydroxylation is 1. The predicted molar refractivity (Wildman–Crippen MR) is 171 cm³/mol. The van der Waals surface area contributed by atoms with Crippen LogP contribution < -0.4 is 0 Å². The molecule has 5 aliphatic rings. The lowest BCUT2D eigenvalue weighted by Gasteiger charge is -2.71. The van der Waals surface area contributed by atoms with Gasteiger partial charge < -0.3 is 4.74 Å². The minimum Gasteiger partial charge on any atom is -0.468 e. The first-order chi connectivity index (χ1) is 19.7. The highest BCUT2D eigenvalue weighted by Gasteiger charge is 2.70. The van der Waals surface area contributed by atoms with Crippen LogP contribution in [0.15, 0.2) is 41.5 Å². The van der Waals surface area contributed by atoms with Crippen LogP contribution in [0.4, 0.5) is 0 Å². The molecule has 3 heteroatoms. The number of rotatable bonds is 2. The maximum atomic E-state index is 14.3. The molecular formula is C39H54O3. The maximum absolute atomic E-state index is 14.3. The van der Waals surface area contributed by atoms with Gasteiger partial charge in [0.1, 0.15) is 5.41 Å². The lowest BCUT2D eigenvalue weighted by atomic mass is 9.33. The molecule has 0 aliphatic heterocycles. The Labute approximate surface area is 255 Å². The molecule has 0 heterocycles.